The molecule has 0 bridgehead atoms. The molecule has 0 aromatic carbocycles. The van der Waals surface area contributed by atoms with Crippen LogP contribution >= 0.6 is 0 Å². The maximum atomic E-state index is 11.0. The van der Waals surface area contributed by atoms with Crippen LogP contribution in [0.5, 0.6) is 0 Å². The lowest BCUT2D eigenvalue weighted by Crippen LogP contribution is -2.45. The van der Waals surface area contributed by atoms with Gasteiger partial charge in [0.05, 0.1) is 6.42 Å². The number of aliphatic carboxylic acids is 2. The molecule has 6 heteroatoms. The van der Waals surface area contributed by atoms with E-state index in [0.717, 1.165) is 0 Å². The number of ketones is 1. The van der Waals surface area contributed by atoms with E-state index in [1.165, 1.54) is 6.92 Å². The molecule has 0 spiro atoms. The highest BCUT2D eigenvalue weighted by Gasteiger charge is 2.51. The number of carbonyl (C=O) groups excluding carboxylic acids is 1. The minimum absolute atomic E-state index is 0.253. The molecule has 0 aliphatic carbocycles. The van der Waals surface area contributed by atoms with Crippen LogP contribution in [0.1, 0.15) is 19.8 Å². The van der Waals surface area contributed by atoms with E-state index in [1.54, 1.807) is 0 Å². The van der Waals surface area contributed by atoms with Gasteiger partial charge in [0.1, 0.15) is 6.61 Å². The van der Waals surface area contributed by atoms with E-state index >= 15 is 0 Å². The summed E-state index contributed by atoms with van der Waals surface area (Å²) < 4.78 is 4.96. The van der Waals surface area contributed by atoms with Crippen molar-refractivity contribution < 1.29 is 29.3 Å². The third-order valence-electron chi connectivity index (χ3n) is 2.59. The molecule has 0 aromatic heterocycles. The molecule has 0 amide bonds. The van der Waals surface area contributed by atoms with Crippen molar-refractivity contribution in [3.05, 3.63) is 0 Å². The Morgan fingerprint density at radius 3 is 2.47 bits per heavy atom. The number of carboxylic acid groups (broad SMARTS) is 2. The standard InChI is InChI=1S/C9H12O6/c1-5(2-7(11)12)9(8(13)14)3-6(10)4-15-9/h5H,2-4H2,1H3,(H,11,12)(H,13,14)/t5-,9?/m1/s1. The average molecular weight is 216 g/mol. The summed E-state index contributed by atoms with van der Waals surface area (Å²) in [6.07, 6.45) is -0.587. The van der Waals surface area contributed by atoms with Gasteiger partial charge >= 0.3 is 11.9 Å². The number of carboxylic acids is 2. The van der Waals surface area contributed by atoms with Crippen molar-refractivity contribution in [2.24, 2.45) is 5.92 Å². The van der Waals surface area contributed by atoms with E-state index in [4.69, 9.17) is 14.9 Å². The summed E-state index contributed by atoms with van der Waals surface area (Å²) >= 11 is 0. The zero-order chi connectivity index (χ0) is 11.6. The van der Waals surface area contributed by atoms with E-state index < -0.39 is 23.5 Å². The van der Waals surface area contributed by atoms with Crippen molar-refractivity contribution in [1.29, 1.82) is 0 Å². The number of hydrogen-bond donors (Lipinski definition) is 2. The molecule has 1 aliphatic heterocycles. The summed E-state index contributed by atoms with van der Waals surface area (Å²) in [5.41, 5.74) is -1.66. The van der Waals surface area contributed by atoms with Gasteiger partial charge < -0.3 is 14.9 Å². The van der Waals surface area contributed by atoms with Crippen molar-refractivity contribution >= 4 is 17.7 Å². The zero-order valence-electron chi connectivity index (χ0n) is 8.23. The second kappa shape index (κ2) is 3.98. The minimum Gasteiger partial charge on any atom is -0.481 e. The number of rotatable bonds is 4. The van der Waals surface area contributed by atoms with E-state index in [2.05, 4.69) is 0 Å². The Bertz CT molecular complexity index is 310. The second-order valence-electron chi connectivity index (χ2n) is 3.70. The molecule has 0 aromatic rings. The highest BCUT2D eigenvalue weighted by Crippen LogP contribution is 2.33. The predicted molar refractivity (Wildman–Crippen MR) is 47.4 cm³/mol. The van der Waals surface area contributed by atoms with Crippen molar-refractivity contribution in [1.82, 2.24) is 0 Å². The lowest BCUT2D eigenvalue weighted by atomic mass is 9.84. The van der Waals surface area contributed by atoms with Crippen molar-refractivity contribution in [3.63, 3.8) is 0 Å². The molecule has 1 rings (SSSR count). The Hall–Kier alpha value is -1.43. The molecule has 1 unspecified atom stereocenters. The van der Waals surface area contributed by atoms with Gasteiger partial charge in [-0.2, -0.15) is 0 Å². The Kier molecular flexibility index (Phi) is 3.09. The second-order valence-corrected chi connectivity index (χ2v) is 3.70. The average Bonchev–Trinajstić information content (AvgIpc) is 2.47. The molecule has 0 radical (unpaired) electrons. The van der Waals surface area contributed by atoms with Gasteiger partial charge in [0, 0.05) is 12.3 Å². The van der Waals surface area contributed by atoms with Crippen LogP contribution in [0.25, 0.3) is 0 Å². The van der Waals surface area contributed by atoms with Crippen LogP contribution in [0.3, 0.4) is 0 Å². The van der Waals surface area contributed by atoms with Gasteiger partial charge in [0.2, 0.25) is 0 Å². The number of ether oxygens (including phenoxy) is 1. The summed E-state index contributed by atoms with van der Waals surface area (Å²) in [4.78, 5) is 32.5. The van der Waals surface area contributed by atoms with Crippen LogP contribution in [0.4, 0.5) is 0 Å². The molecular formula is C9H12O6. The normalized spacial score (nSPS) is 27.7. The molecule has 2 N–H and O–H groups in total. The van der Waals surface area contributed by atoms with E-state index in [-0.39, 0.29) is 25.2 Å². The molecule has 0 saturated carbocycles. The summed E-state index contributed by atoms with van der Waals surface area (Å²) in [7, 11) is 0. The quantitative estimate of drug-likeness (QED) is 0.681. The van der Waals surface area contributed by atoms with Gasteiger partial charge in [-0.05, 0) is 0 Å². The molecule has 1 fully saturated rings. The van der Waals surface area contributed by atoms with Crippen LogP contribution in [0.2, 0.25) is 0 Å². The van der Waals surface area contributed by atoms with E-state index in [0.29, 0.717) is 0 Å². The molecule has 84 valence electrons. The van der Waals surface area contributed by atoms with Crippen LogP contribution < -0.4 is 0 Å². The van der Waals surface area contributed by atoms with Gasteiger partial charge in [-0.3, -0.25) is 9.59 Å². The van der Waals surface area contributed by atoms with Crippen molar-refractivity contribution in [2.45, 2.75) is 25.4 Å². The lowest BCUT2D eigenvalue weighted by Gasteiger charge is -2.28. The van der Waals surface area contributed by atoms with Gasteiger partial charge in [-0.15, -0.1) is 0 Å². The van der Waals surface area contributed by atoms with Crippen molar-refractivity contribution in [3.8, 4) is 0 Å². The largest absolute Gasteiger partial charge is 0.481 e. The topological polar surface area (TPSA) is 101 Å². The Labute approximate surface area is 85.8 Å². The minimum atomic E-state index is -1.66. The molecule has 15 heavy (non-hydrogen) atoms. The third-order valence-corrected chi connectivity index (χ3v) is 2.59. The maximum absolute atomic E-state index is 11.0. The van der Waals surface area contributed by atoms with E-state index in [1.807, 2.05) is 0 Å². The van der Waals surface area contributed by atoms with Gasteiger partial charge in [-0.1, -0.05) is 6.92 Å². The Morgan fingerprint density at radius 1 is 1.53 bits per heavy atom. The molecule has 1 aliphatic rings. The predicted octanol–water partition coefficient (Wildman–Crippen LogP) is -0.0900. The molecule has 2 atom stereocenters. The zero-order valence-corrected chi connectivity index (χ0v) is 8.23. The highest BCUT2D eigenvalue weighted by atomic mass is 16.5. The monoisotopic (exact) mass is 216 g/mol. The number of carbonyl (C=O) groups is 3. The van der Waals surface area contributed by atoms with Gasteiger partial charge in [-0.25, -0.2) is 4.79 Å². The highest BCUT2D eigenvalue weighted by molar-refractivity contribution is 5.92. The van der Waals surface area contributed by atoms with Crippen LogP contribution in [-0.2, 0) is 19.1 Å². The fourth-order valence-corrected chi connectivity index (χ4v) is 1.70. The Balaban J connectivity index is 2.87. The first-order valence-electron chi connectivity index (χ1n) is 4.49. The summed E-state index contributed by atoms with van der Waals surface area (Å²) in [5, 5.41) is 17.6. The smallest absolute Gasteiger partial charge is 0.336 e. The first kappa shape index (κ1) is 11.6. The fraction of sp³-hybridized carbons (Fsp3) is 0.667. The molecule has 1 saturated heterocycles. The number of Topliss-reactive ketones (excluding diaryl/α,β-unsaturated/α-hetero) is 1. The first-order valence-corrected chi connectivity index (χ1v) is 4.49. The summed E-state index contributed by atoms with van der Waals surface area (Å²) in [6, 6.07) is 0. The fourth-order valence-electron chi connectivity index (χ4n) is 1.70. The van der Waals surface area contributed by atoms with Crippen LogP contribution in [0, 0.1) is 5.92 Å². The maximum Gasteiger partial charge on any atom is 0.336 e. The van der Waals surface area contributed by atoms with Gasteiger partial charge in [0.15, 0.2) is 11.4 Å². The SMILES string of the molecule is C[C@H](CC(=O)O)C1(C(=O)O)CC(=O)CO1. The first-order chi connectivity index (χ1) is 6.88. The Morgan fingerprint density at radius 2 is 2.13 bits per heavy atom. The molecule has 6 nitrogen and oxygen atoms in total. The summed E-state index contributed by atoms with van der Waals surface area (Å²) in [5.74, 6) is -3.43. The van der Waals surface area contributed by atoms with Gasteiger partial charge in [0.25, 0.3) is 0 Å². The van der Waals surface area contributed by atoms with Crippen LogP contribution in [0.15, 0.2) is 0 Å². The number of hydrogen-bond acceptors (Lipinski definition) is 4. The molecular weight excluding hydrogens is 204 g/mol. The lowest BCUT2D eigenvalue weighted by molar-refractivity contribution is -0.168. The summed E-state index contributed by atoms with van der Waals surface area (Å²) in [6.45, 7) is 1.21. The molecule has 1 heterocycles. The van der Waals surface area contributed by atoms with Crippen LogP contribution in [-0.4, -0.2) is 40.1 Å². The third kappa shape index (κ3) is 2.15. The van der Waals surface area contributed by atoms with Crippen molar-refractivity contribution in [2.75, 3.05) is 6.61 Å². The van der Waals surface area contributed by atoms with E-state index in [9.17, 15) is 14.4 Å².